The highest BCUT2D eigenvalue weighted by Crippen LogP contribution is 2.16. The van der Waals surface area contributed by atoms with Gasteiger partial charge in [0.1, 0.15) is 6.54 Å². The van der Waals surface area contributed by atoms with E-state index >= 15 is 0 Å². The Labute approximate surface area is 122 Å². The molecule has 118 valence electrons. The fourth-order valence-corrected chi connectivity index (χ4v) is 2.23. The Hall–Kier alpha value is -1.84. The number of halogens is 3. The molecular weight excluding hydrogens is 311 g/mol. The molecule has 0 spiro atoms. The molecule has 2 amide bonds. The number of thiazole rings is 1. The zero-order valence-electron chi connectivity index (χ0n) is 11.1. The van der Waals surface area contributed by atoms with Gasteiger partial charge in [0.25, 0.3) is 0 Å². The number of carbonyl (C=O) groups excluding carboxylic acids is 1. The van der Waals surface area contributed by atoms with E-state index in [-0.39, 0.29) is 25.2 Å². The summed E-state index contributed by atoms with van der Waals surface area (Å²) in [5.74, 6) is -1.15. The maximum absolute atomic E-state index is 12.2. The minimum absolute atomic E-state index is 0.0637. The van der Waals surface area contributed by atoms with Crippen LogP contribution in [0.5, 0.6) is 0 Å². The fourth-order valence-electron chi connectivity index (χ4n) is 1.46. The maximum Gasteiger partial charge on any atom is 0.406 e. The number of nitrogens with one attached hydrogen (secondary N) is 1. The Morgan fingerprint density at radius 1 is 1.48 bits per heavy atom. The molecule has 0 atom stereocenters. The van der Waals surface area contributed by atoms with E-state index in [4.69, 9.17) is 5.11 Å². The largest absolute Gasteiger partial charge is 0.476 e. The van der Waals surface area contributed by atoms with Crippen molar-refractivity contribution in [1.82, 2.24) is 15.2 Å². The molecule has 0 aliphatic carbocycles. The van der Waals surface area contributed by atoms with Crippen LogP contribution in [0.25, 0.3) is 0 Å². The molecule has 0 fully saturated rings. The lowest BCUT2D eigenvalue weighted by atomic mass is 10.4. The molecule has 10 heteroatoms. The first-order valence-electron chi connectivity index (χ1n) is 6.00. The van der Waals surface area contributed by atoms with Crippen molar-refractivity contribution in [3.63, 3.8) is 0 Å². The summed E-state index contributed by atoms with van der Waals surface area (Å²) in [5, 5.41) is 12.9. The summed E-state index contributed by atoms with van der Waals surface area (Å²) >= 11 is 1.12. The first-order valence-corrected chi connectivity index (χ1v) is 6.88. The van der Waals surface area contributed by atoms with Crippen molar-refractivity contribution in [2.45, 2.75) is 19.5 Å². The molecule has 1 rings (SSSR count). The van der Waals surface area contributed by atoms with E-state index in [1.807, 2.05) is 0 Å². The van der Waals surface area contributed by atoms with Gasteiger partial charge in [-0.25, -0.2) is 14.6 Å². The maximum atomic E-state index is 12.2. The number of urea groups is 1. The van der Waals surface area contributed by atoms with Crippen molar-refractivity contribution in [2.24, 2.45) is 0 Å². The molecule has 0 unspecified atom stereocenters. The van der Waals surface area contributed by atoms with Crippen molar-refractivity contribution >= 4 is 23.3 Å². The summed E-state index contributed by atoms with van der Waals surface area (Å²) in [6, 6.07) is -0.815. The Morgan fingerprint density at radius 3 is 2.62 bits per heavy atom. The summed E-state index contributed by atoms with van der Waals surface area (Å²) in [6.07, 6.45) is -4.19. The third-order valence-corrected chi connectivity index (χ3v) is 3.33. The monoisotopic (exact) mass is 325 g/mol. The molecule has 0 saturated heterocycles. The number of hydrogen-bond acceptors (Lipinski definition) is 4. The summed E-state index contributed by atoms with van der Waals surface area (Å²) in [4.78, 5) is 26.6. The lowest BCUT2D eigenvalue weighted by Crippen LogP contribution is -2.45. The minimum Gasteiger partial charge on any atom is -0.476 e. The second-order valence-corrected chi connectivity index (χ2v) is 4.99. The van der Waals surface area contributed by atoms with Crippen LogP contribution in [-0.2, 0) is 6.42 Å². The molecule has 0 aliphatic rings. The number of carboxylic acids is 1. The highest BCUT2D eigenvalue weighted by Gasteiger charge is 2.32. The molecule has 1 aromatic heterocycles. The topological polar surface area (TPSA) is 82.5 Å². The van der Waals surface area contributed by atoms with E-state index in [0.717, 1.165) is 11.3 Å². The first-order chi connectivity index (χ1) is 9.73. The van der Waals surface area contributed by atoms with E-state index in [1.165, 1.54) is 12.3 Å². The lowest BCUT2D eigenvalue weighted by molar-refractivity contribution is -0.139. The third-order valence-electron chi connectivity index (χ3n) is 2.43. The van der Waals surface area contributed by atoms with Gasteiger partial charge in [-0.1, -0.05) is 0 Å². The lowest BCUT2D eigenvalue weighted by Gasteiger charge is -2.22. The molecule has 21 heavy (non-hydrogen) atoms. The van der Waals surface area contributed by atoms with Crippen molar-refractivity contribution in [1.29, 1.82) is 0 Å². The molecule has 2 N–H and O–H groups in total. The van der Waals surface area contributed by atoms with Crippen LogP contribution in [0.1, 0.15) is 22.4 Å². The zero-order valence-corrected chi connectivity index (χ0v) is 11.9. The second-order valence-electron chi connectivity index (χ2n) is 4.04. The van der Waals surface area contributed by atoms with Gasteiger partial charge in [0.05, 0.1) is 5.01 Å². The van der Waals surface area contributed by atoms with E-state index in [1.54, 1.807) is 0 Å². The van der Waals surface area contributed by atoms with Gasteiger partial charge in [-0.05, 0) is 6.92 Å². The van der Waals surface area contributed by atoms with Gasteiger partial charge in [0, 0.05) is 24.9 Å². The van der Waals surface area contributed by atoms with E-state index < -0.39 is 24.7 Å². The predicted molar refractivity (Wildman–Crippen MR) is 69.5 cm³/mol. The number of nitrogens with zero attached hydrogens (tertiary/aromatic N) is 2. The highest BCUT2D eigenvalue weighted by molar-refractivity contribution is 7.09. The van der Waals surface area contributed by atoms with Gasteiger partial charge in [-0.3, -0.25) is 0 Å². The molecule has 0 aromatic carbocycles. The van der Waals surface area contributed by atoms with E-state index in [2.05, 4.69) is 10.3 Å². The van der Waals surface area contributed by atoms with Crippen LogP contribution in [0.15, 0.2) is 5.38 Å². The highest BCUT2D eigenvalue weighted by atomic mass is 32.1. The molecule has 0 bridgehead atoms. The average molecular weight is 325 g/mol. The SMILES string of the molecule is CCN(CC(F)(F)F)C(=O)NCCc1nc(C(=O)O)cs1. The van der Waals surface area contributed by atoms with E-state index in [0.29, 0.717) is 9.91 Å². The van der Waals surface area contributed by atoms with Crippen molar-refractivity contribution < 1.29 is 27.9 Å². The number of amides is 2. The molecule has 0 aliphatic heterocycles. The van der Waals surface area contributed by atoms with Crippen LogP contribution in [-0.4, -0.2) is 52.8 Å². The Balaban J connectivity index is 2.42. The number of aromatic carboxylic acids is 1. The Bertz CT molecular complexity index is 504. The summed E-state index contributed by atoms with van der Waals surface area (Å²) in [6.45, 7) is 0.159. The van der Waals surface area contributed by atoms with Gasteiger partial charge >= 0.3 is 18.2 Å². The number of aromatic nitrogens is 1. The first kappa shape index (κ1) is 17.2. The van der Waals surface area contributed by atoms with Crippen LogP contribution >= 0.6 is 11.3 Å². The summed E-state index contributed by atoms with van der Waals surface area (Å²) < 4.78 is 36.7. The molecule has 1 heterocycles. The summed E-state index contributed by atoms with van der Waals surface area (Å²) in [5.41, 5.74) is -0.0893. The van der Waals surface area contributed by atoms with Crippen LogP contribution in [0, 0.1) is 0 Å². The molecule has 0 saturated carbocycles. The predicted octanol–water partition coefficient (Wildman–Crippen LogP) is 1.98. The number of alkyl halides is 3. The van der Waals surface area contributed by atoms with Crippen LogP contribution < -0.4 is 5.32 Å². The number of carboxylic acid groups (broad SMARTS) is 1. The normalized spacial score (nSPS) is 11.2. The van der Waals surface area contributed by atoms with Crippen LogP contribution in [0.3, 0.4) is 0 Å². The quantitative estimate of drug-likeness (QED) is 0.838. The van der Waals surface area contributed by atoms with Gasteiger partial charge in [-0.15, -0.1) is 11.3 Å². The minimum atomic E-state index is -4.45. The molecule has 6 nitrogen and oxygen atoms in total. The number of rotatable bonds is 6. The number of carbonyl (C=O) groups is 2. The Morgan fingerprint density at radius 2 is 2.14 bits per heavy atom. The number of hydrogen-bond donors (Lipinski definition) is 2. The smallest absolute Gasteiger partial charge is 0.406 e. The van der Waals surface area contributed by atoms with Crippen molar-refractivity contribution in [3.8, 4) is 0 Å². The third kappa shape index (κ3) is 5.98. The standard InChI is InChI=1S/C11H14F3N3O3S/c1-2-17(6-11(12,13)14)10(20)15-4-3-8-16-7(5-21-8)9(18)19/h5H,2-4,6H2,1H3,(H,15,20)(H,18,19). The van der Waals surface area contributed by atoms with Gasteiger partial charge in [-0.2, -0.15) is 13.2 Å². The van der Waals surface area contributed by atoms with Crippen molar-refractivity contribution in [3.05, 3.63) is 16.1 Å². The molecule has 0 radical (unpaired) electrons. The average Bonchev–Trinajstić information content (AvgIpc) is 2.83. The second kappa shape index (κ2) is 7.25. The summed E-state index contributed by atoms with van der Waals surface area (Å²) in [7, 11) is 0. The molecule has 1 aromatic rings. The zero-order chi connectivity index (χ0) is 16.0. The van der Waals surface area contributed by atoms with Crippen LogP contribution in [0.2, 0.25) is 0 Å². The molecular formula is C11H14F3N3O3S. The van der Waals surface area contributed by atoms with E-state index in [9.17, 15) is 22.8 Å². The Kier molecular flexibility index (Phi) is 5.94. The van der Waals surface area contributed by atoms with Gasteiger partial charge < -0.3 is 15.3 Å². The van der Waals surface area contributed by atoms with Gasteiger partial charge in [0.2, 0.25) is 0 Å². The van der Waals surface area contributed by atoms with Gasteiger partial charge in [0.15, 0.2) is 5.69 Å². The fraction of sp³-hybridized carbons (Fsp3) is 0.545. The van der Waals surface area contributed by atoms with Crippen LogP contribution in [0.4, 0.5) is 18.0 Å². The van der Waals surface area contributed by atoms with Crippen molar-refractivity contribution in [2.75, 3.05) is 19.6 Å².